The van der Waals surface area contributed by atoms with Crippen LogP contribution in [-0.4, -0.2) is 14.5 Å². The number of aliphatic hydroxyl groups excluding tert-OH is 1. The summed E-state index contributed by atoms with van der Waals surface area (Å²) in [6.07, 6.45) is -0.496. The highest BCUT2D eigenvalue weighted by Crippen LogP contribution is 2.35. The van der Waals surface area contributed by atoms with Gasteiger partial charge in [0.05, 0.1) is 6.10 Å². The maximum Gasteiger partial charge on any atom is 0.174 e. The first-order valence-electron chi connectivity index (χ1n) is 5.02. The Morgan fingerprint density at radius 2 is 2.24 bits per heavy atom. The molecule has 0 aliphatic carbocycles. The van der Waals surface area contributed by atoms with Gasteiger partial charge >= 0.3 is 0 Å². The molecule has 0 saturated heterocycles. The van der Waals surface area contributed by atoms with E-state index in [2.05, 4.69) is 25.3 Å². The molecule has 0 fully saturated rings. The van der Waals surface area contributed by atoms with Gasteiger partial charge in [-0.15, -0.1) is 0 Å². The van der Waals surface area contributed by atoms with Crippen LogP contribution in [0.4, 0.5) is 0 Å². The van der Waals surface area contributed by atoms with Crippen LogP contribution in [0, 0.1) is 6.92 Å². The lowest BCUT2D eigenvalue weighted by molar-refractivity contribution is 0.196. The molecule has 0 aliphatic heterocycles. The summed E-state index contributed by atoms with van der Waals surface area (Å²) in [6.45, 7) is 3.63. The van der Waals surface area contributed by atoms with E-state index in [9.17, 15) is 5.11 Å². The van der Waals surface area contributed by atoms with Crippen LogP contribution < -0.4 is 0 Å². The van der Waals surface area contributed by atoms with E-state index in [1.165, 1.54) is 23.3 Å². The van der Waals surface area contributed by atoms with Crippen LogP contribution in [0.3, 0.4) is 0 Å². The summed E-state index contributed by atoms with van der Waals surface area (Å²) in [4.78, 5) is 5.32. The number of nitrogens with zero attached hydrogens (tertiary/aromatic N) is 2. The van der Waals surface area contributed by atoms with E-state index < -0.39 is 6.10 Å². The number of aromatic nitrogens is 2. The second-order valence-electron chi connectivity index (χ2n) is 3.57. The van der Waals surface area contributed by atoms with E-state index in [1.807, 2.05) is 25.1 Å². The Bertz CT molecular complexity index is 528. The van der Waals surface area contributed by atoms with Crippen molar-refractivity contribution in [3.8, 4) is 0 Å². The number of aliphatic hydroxyl groups is 1. The second kappa shape index (κ2) is 5.48. The van der Waals surface area contributed by atoms with E-state index in [-0.39, 0.29) is 0 Å². The number of aryl methyl sites for hydroxylation is 1. The smallest absolute Gasteiger partial charge is 0.174 e. The predicted octanol–water partition coefficient (Wildman–Crippen LogP) is 3.81. The van der Waals surface area contributed by atoms with Crippen LogP contribution in [0.15, 0.2) is 31.9 Å². The topological polar surface area (TPSA) is 46.0 Å². The van der Waals surface area contributed by atoms with Crippen LogP contribution in [0.1, 0.15) is 24.4 Å². The molecule has 1 heterocycles. The van der Waals surface area contributed by atoms with Crippen molar-refractivity contribution >= 4 is 39.2 Å². The third-order valence-electron chi connectivity index (χ3n) is 2.13. The van der Waals surface area contributed by atoms with Gasteiger partial charge in [0.15, 0.2) is 4.34 Å². The van der Waals surface area contributed by atoms with Crippen molar-refractivity contribution < 1.29 is 5.11 Å². The lowest BCUT2D eigenvalue weighted by Gasteiger charge is -2.10. The Kier molecular flexibility index (Phi) is 4.19. The monoisotopic (exact) mass is 330 g/mol. The minimum Gasteiger partial charge on any atom is -0.389 e. The van der Waals surface area contributed by atoms with Crippen LogP contribution >= 0.6 is 39.2 Å². The van der Waals surface area contributed by atoms with Gasteiger partial charge in [-0.2, -0.15) is 4.37 Å². The zero-order chi connectivity index (χ0) is 12.4. The lowest BCUT2D eigenvalue weighted by Crippen LogP contribution is -1.93. The predicted molar refractivity (Wildman–Crippen MR) is 73.5 cm³/mol. The first kappa shape index (κ1) is 13.0. The van der Waals surface area contributed by atoms with Crippen LogP contribution in [0.2, 0.25) is 0 Å². The van der Waals surface area contributed by atoms with Crippen molar-refractivity contribution in [2.24, 2.45) is 0 Å². The zero-order valence-corrected chi connectivity index (χ0v) is 12.6. The molecule has 0 spiro atoms. The SMILES string of the molecule is Cc1nsc(Sc2ccc(Br)cc2C(C)O)n1. The number of rotatable bonds is 3. The largest absolute Gasteiger partial charge is 0.389 e. The molecule has 1 aromatic carbocycles. The van der Waals surface area contributed by atoms with Gasteiger partial charge in [0.1, 0.15) is 5.82 Å². The third kappa shape index (κ3) is 3.28. The molecule has 1 N–H and O–H groups in total. The normalized spacial score (nSPS) is 12.7. The van der Waals surface area contributed by atoms with Crippen molar-refractivity contribution in [1.29, 1.82) is 0 Å². The first-order chi connectivity index (χ1) is 8.06. The second-order valence-corrected chi connectivity index (χ2v) is 6.52. The molecule has 1 atom stereocenters. The summed E-state index contributed by atoms with van der Waals surface area (Å²) in [7, 11) is 0. The minimum absolute atomic E-state index is 0.496. The van der Waals surface area contributed by atoms with Crippen molar-refractivity contribution in [2.75, 3.05) is 0 Å². The molecule has 2 rings (SSSR count). The molecule has 1 unspecified atom stereocenters. The van der Waals surface area contributed by atoms with Gasteiger partial charge < -0.3 is 5.11 Å². The standard InChI is InChI=1S/C11H11BrN2OS2/c1-6(15)9-5-8(12)3-4-10(9)16-11-13-7(2)14-17-11/h3-6,15H,1-2H3. The highest BCUT2D eigenvalue weighted by Gasteiger charge is 2.12. The van der Waals surface area contributed by atoms with E-state index in [0.717, 1.165) is 25.1 Å². The summed E-state index contributed by atoms with van der Waals surface area (Å²) in [5, 5.41) is 9.75. The van der Waals surface area contributed by atoms with E-state index in [4.69, 9.17) is 0 Å². The Morgan fingerprint density at radius 1 is 1.47 bits per heavy atom. The Labute approximate surface area is 117 Å². The van der Waals surface area contributed by atoms with Gasteiger partial charge in [0.25, 0.3) is 0 Å². The maximum absolute atomic E-state index is 9.75. The first-order valence-corrected chi connectivity index (χ1v) is 7.40. The van der Waals surface area contributed by atoms with Gasteiger partial charge in [-0.25, -0.2) is 4.98 Å². The summed E-state index contributed by atoms with van der Waals surface area (Å²) >= 11 is 6.32. The number of benzene rings is 1. The Hall–Kier alpha value is -0.430. The molecule has 6 heteroatoms. The third-order valence-corrected chi connectivity index (χ3v) is 4.56. The molecule has 0 saturated carbocycles. The molecule has 90 valence electrons. The molecule has 0 amide bonds. The summed E-state index contributed by atoms with van der Waals surface area (Å²) in [5.41, 5.74) is 0.900. The fraction of sp³-hybridized carbons (Fsp3) is 0.273. The lowest BCUT2D eigenvalue weighted by atomic mass is 10.1. The van der Waals surface area contributed by atoms with Gasteiger partial charge in [0.2, 0.25) is 0 Å². The Morgan fingerprint density at radius 3 is 2.82 bits per heavy atom. The number of hydrogen-bond donors (Lipinski definition) is 1. The number of halogens is 1. The molecule has 0 bridgehead atoms. The van der Waals surface area contributed by atoms with Crippen molar-refractivity contribution in [3.63, 3.8) is 0 Å². The van der Waals surface area contributed by atoms with Gasteiger partial charge in [-0.05, 0) is 49.1 Å². The van der Waals surface area contributed by atoms with Crippen molar-refractivity contribution in [2.45, 2.75) is 29.2 Å². The zero-order valence-electron chi connectivity index (χ0n) is 9.35. The number of hydrogen-bond acceptors (Lipinski definition) is 5. The molecular formula is C11H11BrN2OS2. The van der Waals surface area contributed by atoms with Gasteiger partial charge in [-0.3, -0.25) is 0 Å². The van der Waals surface area contributed by atoms with E-state index >= 15 is 0 Å². The van der Waals surface area contributed by atoms with Gasteiger partial charge in [-0.1, -0.05) is 27.7 Å². The fourth-order valence-corrected chi connectivity index (χ4v) is 3.53. The van der Waals surface area contributed by atoms with Crippen LogP contribution in [0.25, 0.3) is 0 Å². The maximum atomic E-state index is 9.75. The highest BCUT2D eigenvalue weighted by atomic mass is 79.9. The average molecular weight is 331 g/mol. The minimum atomic E-state index is -0.496. The fourth-order valence-electron chi connectivity index (χ4n) is 1.35. The summed E-state index contributed by atoms with van der Waals surface area (Å²) in [5.74, 6) is 0.785. The van der Waals surface area contributed by atoms with Gasteiger partial charge in [0, 0.05) is 9.37 Å². The summed E-state index contributed by atoms with van der Waals surface area (Å²) in [6, 6.07) is 5.87. The summed E-state index contributed by atoms with van der Waals surface area (Å²) < 4.78 is 6.00. The molecule has 2 aromatic rings. The molecular weight excluding hydrogens is 320 g/mol. The van der Waals surface area contributed by atoms with Crippen molar-refractivity contribution in [3.05, 3.63) is 34.1 Å². The van der Waals surface area contributed by atoms with Crippen LogP contribution in [-0.2, 0) is 0 Å². The van der Waals surface area contributed by atoms with Crippen LogP contribution in [0.5, 0.6) is 0 Å². The average Bonchev–Trinajstić information content (AvgIpc) is 2.66. The molecule has 3 nitrogen and oxygen atoms in total. The van der Waals surface area contributed by atoms with E-state index in [1.54, 1.807) is 6.92 Å². The van der Waals surface area contributed by atoms with E-state index in [0.29, 0.717) is 0 Å². The molecule has 1 aromatic heterocycles. The highest BCUT2D eigenvalue weighted by molar-refractivity contribution is 9.10. The Balaban J connectivity index is 2.32. The molecule has 0 aliphatic rings. The molecule has 17 heavy (non-hydrogen) atoms. The molecule has 0 radical (unpaired) electrons. The quantitative estimate of drug-likeness (QED) is 0.929. The van der Waals surface area contributed by atoms with Crippen molar-refractivity contribution in [1.82, 2.24) is 9.36 Å².